The van der Waals surface area contributed by atoms with Crippen LogP contribution in [-0.4, -0.2) is 27.0 Å². The first-order valence-corrected chi connectivity index (χ1v) is 8.11. The van der Waals surface area contributed by atoms with Gasteiger partial charge in [-0.1, -0.05) is 29.5 Å². The molecule has 0 bridgehead atoms. The molecule has 0 saturated carbocycles. The fourth-order valence-electron chi connectivity index (χ4n) is 2.35. The van der Waals surface area contributed by atoms with E-state index >= 15 is 0 Å². The van der Waals surface area contributed by atoms with Gasteiger partial charge in [-0.3, -0.25) is 4.79 Å². The van der Waals surface area contributed by atoms with E-state index in [0.29, 0.717) is 12.2 Å². The van der Waals surface area contributed by atoms with Crippen LogP contribution in [0.3, 0.4) is 0 Å². The number of nitrogens with zero attached hydrogens (tertiary/aromatic N) is 3. The summed E-state index contributed by atoms with van der Waals surface area (Å²) in [5, 5.41) is 10.7. The Balaban J connectivity index is 1.78. The second kappa shape index (κ2) is 7.72. The van der Waals surface area contributed by atoms with Gasteiger partial charge in [-0.15, -0.1) is 5.10 Å². The second-order valence-electron chi connectivity index (χ2n) is 5.87. The van der Waals surface area contributed by atoms with Crippen molar-refractivity contribution in [2.24, 2.45) is 0 Å². The van der Waals surface area contributed by atoms with E-state index in [4.69, 9.17) is 4.74 Å². The Hall–Kier alpha value is -2.99. The molecule has 3 aromatic rings. The van der Waals surface area contributed by atoms with Crippen LogP contribution in [-0.2, 0) is 11.3 Å². The Morgan fingerprint density at radius 2 is 2.04 bits per heavy atom. The van der Waals surface area contributed by atoms with Crippen LogP contribution in [0, 0.1) is 0 Å². The maximum Gasteiger partial charge on any atom is 0.255 e. The van der Waals surface area contributed by atoms with E-state index in [9.17, 15) is 4.79 Å². The minimum atomic E-state index is -0.182. The molecular formula is C19H20N4O2. The molecule has 0 unspecified atom stereocenters. The molecule has 0 fully saturated rings. The number of carbonyl (C=O) groups excluding carboxylic acids is 1. The summed E-state index contributed by atoms with van der Waals surface area (Å²) in [6, 6.07) is 14.9. The van der Waals surface area contributed by atoms with Crippen molar-refractivity contribution in [2.45, 2.75) is 26.6 Å². The van der Waals surface area contributed by atoms with Crippen LogP contribution in [0.4, 0.5) is 5.69 Å². The van der Waals surface area contributed by atoms with Crippen molar-refractivity contribution in [3.05, 3.63) is 72.1 Å². The lowest BCUT2D eigenvalue weighted by atomic mass is 10.1. The first kappa shape index (κ1) is 16.9. The van der Waals surface area contributed by atoms with Crippen molar-refractivity contribution >= 4 is 11.6 Å². The highest BCUT2D eigenvalue weighted by Crippen LogP contribution is 2.18. The molecule has 0 atom stereocenters. The van der Waals surface area contributed by atoms with Crippen molar-refractivity contribution in [1.29, 1.82) is 0 Å². The topological polar surface area (TPSA) is 69.0 Å². The normalized spacial score (nSPS) is 10.8. The predicted octanol–water partition coefficient (Wildman–Crippen LogP) is 3.44. The van der Waals surface area contributed by atoms with Crippen LogP contribution in [0.15, 0.2) is 60.9 Å². The van der Waals surface area contributed by atoms with Crippen molar-refractivity contribution in [3.8, 4) is 5.69 Å². The number of hydrogen-bond acceptors (Lipinski definition) is 4. The van der Waals surface area contributed by atoms with Crippen LogP contribution < -0.4 is 5.32 Å². The number of aromatic nitrogens is 3. The van der Waals surface area contributed by atoms with E-state index < -0.39 is 0 Å². The van der Waals surface area contributed by atoms with Crippen LogP contribution in [0.1, 0.15) is 29.8 Å². The van der Waals surface area contributed by atoms with Crippen molar-refractivity contribution in [2.75, 3.05) is 5.32 Å². The number of ether oxygens (including phenoxy) is 1. The molecule has 2 aromatic carbocycles. The van der Waals surface area contributed by atoms with Gasteiger partial charge in [-0.05, 0) is 38.1 Å². The zero-order valence-corrected chi connectivity index (χ0v) is 14.2. The molecule has 0 radical (unpaired) electrons. The summed E-state index contributed by atoms with van der Waals surface area (Å²) in [4.78, 5) is 12.6. The number of nitrogens with one attached hydrogen (secondary N) is 1. The summed E-state index contributed by atoms with van der Waals surface area (Å²) in [6.45, 7) is 4.42. The average Bonchev–Trinajstić information content (AvgIpc) is 3.16. The van der Waals surface area contributed by atoms with E-state index in [-0.39, 0.29) is 12.0 Å². The number of rotatable bonds is 6. The first-order valence-electron chi connectivity index (χ1n) is 8.11. The van der Waals surface area contributed by atoms with Gasteiger partial charge in [0.05, 0.1) is 30.8 Å². The Bertz CT molecular complexity index is 844. The largest absolute Gasteiger partial charge is 0.374 e. The Kier molecular flexibility index (Phi) is 5.20. The molecule has 1 N–H and O–H groups in total. The minimum Gasteiger partial charge on any atom is -0.374 e. The van der Waals surface area contributed by atoms with E-state index in [1.807, 2.05) is 50.2 Å². The molecular weight excluding hydrogens is 316 g/mol. The maximum atomic E-state index is 12.6. The lowest BCUT2D eigenvalue weighted by molar-refractivity contribution is 0.0660. The summed E-state index contributed by atoms with van der Waals surface area (Å²) in [5.74, 6) is -0.182. The van der Waals surface area contributed by atoms with Crippen LogP contribution in [0.2, 0.25) is 0 Å². The van der Waals surface area contributed by atoms with Gasteiger partial charge in [-0.25, -0.2) is 4.68 Å². The number of para-hydroxylation sites is 1. The highest BCUT2D eigenvalue weighted by atomic mass is 16.5. The molecule has 0 aliphatic rings. The summed E-state index contributed by atoms with van der Waals surface area (Å²) < 4.78 is 7.27. The second-order valence-corrected chi connectivity index (χ2v) is 5.87. The number of benzene rings is 2. The fourth-order valence-corrected chi connectivity index (χ4v) is 2.35. The van der Waals surface area contributed by atoms with E-state index in [1.165, 1.54) is 0 Å². The molecule has 1 aromatic heterocycles. The van der Waals surface area contributed by atoms with Gasteiger partial charge < -0.3 is 10.1 Å². The summed E-state index contributed by atoms with van der Waals surface area (Å²) in [6.07, 6.45) is 3.45. The highest BCUT2D eigenvalue weighted by molar-refractivity contribution is 6.04. The lowest BCUT2D eigenvalue weighted by Gasteiger charge is -2.13. The smallest absolute Gasteiger partial charge is 0.255 e. The average molecular weight is 336 g/mol. The number of carbonyl (C=O) groups is 1. The van der Waals surface area contributed by atoms with Crippen molar-refractivity contribution in [1.82, 2.24) is 15.0 Å². The molecule has 1 amide bonds. The summed E-state index contributed by atoms with van der Waals surface area (Å²) in [7, 11) is 0. The molecule has 128 valence electrons. The maximum absolute atomic E-state index is 12.6. The summed E-state index contributed by atoms with van der Waals surface area (Å²) in [5.41, 5.74) is 3.02. The summed E-state index contributed by atoms with van der Waals surface area (Å²) >= 11 is 0. The third-order valence-electron chi connectivity index (χ3n) is 3.63. The third-order valence-corrected chi connectivity index (χ3v) is 3.63. The number of anilines is 1. The third kappa shape index (κ3) is 4.30. The van der Waals surface area contributed by atoms with Crippen LogP contribution >= 0.6 is 0 Å². The lowest BCUT2D eigenvalue weighted by Crippen LogP contribution is -2.14. The van der Waals surface area contributed by atoms with E-state index in [2.05, 4.69) is 15.6 Å². The molecule has 1 heterocycles. The van der Waals surface area contributed by atoms with Gasteiger partial charge in [0.2, 0.25) is 0 Å². The Morgan fingerprint density at radius 3 is 2.80 bits per heavy atom. The molecule has 6 nitrogen and oxygen atoms in total. The minimum absolute atomic E-state index is 0.128. The van der Waals surface area contributed by atoms with Crippen molar-refractivity contribution < 1.29 is 9.53 Å². The molecule has 25 heavy (non-hydrogen) atoms. The predicted molar refractivity (Wildman–Crippen MR) is 95.7 cm³/mol. The zero-order chi connectivity index (χ0) is 17.6. The van der Waals surface area contributed by atoms with E-state index in [1.54, 1.807) is 29.2 Å². The van der Waals surface area contributed by atoms with Gasteiger partial charge in [0.25, 0.3) is 5.91 Å². The molecule has 0 aliphatic carbocycles. The molecule has 3 rings (SSSR count). The zero-order valence-electron chi connectivity index (χ0n) is 14.2. The van der Waals surface area contributed by atoms with E-state index in [0.717, 1.165) is 16.9 Å². The van der Waals surface area contributed by atoms with Crippen LogP contribution in [0.5, 0.6) is 0 Å². The quantitative estimate of drug-likeness (QED) is 0.748. The highest BCUT2D eigenvalue weighted by Gasteiger charge is 2.11. The fraction of sp³-hybridized carbons (Fsp3) is 0.211. The molecule has 0 saturated heterocycles. The van der Waals surface area contributed by atoms with Gasteiger partial charge >= 0.3 is 0 Å². The van der Waals surface area contributed by atoms with Gasteiger partial charge in [0, 0.05) is 16.8 Å². The SMILES string of the molecule is CC(C)OCc1ccccc1NC(=O)c1cccc(-n2ccnn2)c1. The number of amides is 1. The number of hydrogen-bond donors (Lipinski definition) is 1. The monoisotopic (exact) mass is 336 g/mol. The Morgan fingerprint density at radius 1 is 1.20 bits per heavy atom. The Labute approximate surface area is 146 Å². The van der Waals surface area contributed by atoms with Crippen molar-refractivity contribution in [3.63, 3.8) is 0 Å². The first-order chi connectivity index (χ1) is 12.1. The van der Waals surface area contributed by atoms with Gasteiger partial charge in [-0.2, -0.15) is 0 Å². The van der Waals surface area contributed by atoms with Gasteiger partial charge in [0.15, 0.2) is 0 Å². The van der Waals surface area contributed by atoms with Crippen LogP contribution in [0.25, 0.3) is 5.69 Å². The molecule has 6 heteroatoms. The standard InChI is InChI=1S/C19H20N4O2/c1-14(2)25-13-16-6-3-4-9-18(16)21-19(24)15-7-5-8-17(12-15)23-11-10-20-22-23/h3-12,14H,13H2,1-2H3,(H,21,24). The molecule has 0 spiro atoms. The van der Waals surface area contributed by atoms with Gasteiger partial charge in [0.1, 0.15) is 0 Å². The molecule has 0 aliphatic heterocycles.